The molecule has 3 amide bonds. The summed E-state index contributed by atoms with van der Waals surface area (Å²) in [7, 11) is 0. The molecule has 2 aromatic carbocycles. The maximum Gasteiger partial charge on any atom is 0.318 e. The van der Waals surface area contributed by atoms with Crippen molar-refractivity contribution in [2.45, 2.75) is 38.3 Å². The minimum absolute atomic E-state index is 0.0101. The number of urea groups is 1. The lowest BCUT2D eigenvalue weighted by molar-refractivity contribution is -0.118. The first-order chi connectivity index (χ1) is 17.4. The third-order valence-electron chi connectivity index (χ3n) is 7.10. The molecule has 5 rings (SSSR count). The molecule has 0 spiro atoms. The van der Waals surface area contributed by atoms with Crippen molar-refractivity contribution in [3.8, 4) is 0 Å². The molecule has 0 saturated carbocycles. The summed E-state index contributed by atoms with van der Waals surface area (Å²) in [5.41, 5.74) is 3.44. The van der Waals surface area contributed by atoms with Gasteiger partial charge in [-0.05, 0) is 48.6 Å². The van der Waals surface area contributed by atoms with Crippen LogP contribution in [0.4, 0.5) is 10.5 Å². The van der Waals surface area contributed by atoms with Gasteiger partial charge >= 0.3 is 6.03 Å². The number of amides is 3. The summed E-state index contributed by atoms with van der Waals surface area (Å²) in [4.78, 5) is 40.8. The van der Waals surface area contributed by atoms with Gasteiger partial charge in [0.15, 0.2) is 0 Å². The fraction of sp³-hybridized carbons (Fsp3) is 0.321. The number of carbonyl (C=O) groups is 2. The molecule has 2 aliphatic heterocycles. The number of piperidine rings is 1. The number of hydrogen-bond acceptors (Lipinski definition) is 3. The predicted molar refractivity (Wildman–Crippen MR) is 140 cm³/mol. The highest BCUT2D eigenvalue weighted by Crippen LogP contribution is 2.35. The van der Waals surface area contributed by atoms with Crippen LogP contribution in [-0.2, 0) is 17.8 Å². The predicted octanol–water partition coefficient (Wildman–Crippen LogP) is 4.19. The zero-order valence-corrected chi connectivity index (χ0v) is 20.9. The third-order valence-corrected chi connectivity index (χ3v) is 7.51. The Balaban J connectivity index is 1.33. The van der Waals surface area contributed by atoms with Gasteiger partial charge in [0.05, 0.1) is 0 Å². The summed E-state index contributed by atoms with van der Waals surface area (Å²) in [5.74, 6) is 0.00711. The topological polar surface area (TPSA) is 83.4 Å². The number of aromatic nitrogens is 1. The van der Waals surface area contributed by atoms with Gasteiger partial charge in [-0.2, -0.15) is 0 Å². The highest BCUT2D eigenvalue weighted by atomic mass is 35.5. The van der Waals surface area contributed by atoms with Crippen LogP contribution < -0.4 is 16.2 Å². The van der Waals surface area contributed by atoms with E-state index >= 15 is 0 Å². The number of rotatable bonds is 5. The number of pyridine rings is 1. The number of nitrogens with one attached hydrogen (secondary N) is 2. The van der Waals surface area contributed by atoms with E-state index in [-0.39, 0.29) is 29.3 Å². The van der Waals surface area contributed by atoms with Crippen LogP contribution in [0.15, 0.2) is 71.5 Å². The van der Waals surface area contributed by atoms with Crippen LogP contribution in [0.5, 0.6) is 0 Å². The van der Waals surface area contributed by atoms with Crippen LogP contribution in [0.3, 0.4) is 0 Å². The molecule has 1 saturated heterocycles. The lowest BCUT2D eigenvalue weighted by atomic mass is 9.83. The van der Waals surface area contributed by atoms with Crippen LogP contribution in [0.2, 0.25) is 5.02 Å². The molecule has 2 aliphatic rings. The Morgan fingerprint density at radius 1 is 1.03 bits per heavy atom. The normalized spacial score (nSPS) is 19.2. The maximum absolute atomic E-state index is 13.4. The van der Waals surface area contributed by atoms with Gasteiger partial charge in [0.2, 0.25) is 5.91 Å². The monoisotopic (exact) mass is 504 g/mol. The SMILES string of the molecule is Cc1ccc(NC(=O)[C@H](Cc2ccccc2)NC(=O)N2C[C@H]3C[C@@H](C2)c2cccc(=O)n2C3)cc1Cl. The van der Waals surface area contributed by atoms with Crippen molar-refractivity contribution in [1.82, 2.24) is 14.8 Å². The van der Waals surface area contributed by atoms with Crippen molar-refractivity contribution in [2.24, 2.45) is 5.92 Å². The second kappa shape index (κ2) is 10.2. The molecule has 3 aromatic rings. The minimum Gasteiger partial charge on any atom is -0.326 e. The molecule has 186 valence electrons. The molecule has 3 atom stereocenters. The van der Waals surface area contributed by atoms with Crippen LogP contribution in [0.25, 0.3) is 0 Å². The van der Waals surface area contributed by atoms with Crippen molar-refractivity contribution in [3.63, 3.8) is 0 Å². The lowest BCUT2D eigenvalue weighted by Crippen LogP contribution is -2.55. The van der Waals surface area contributed by atoms with E-state index in [4.69, 9.17) is 11.6 Å². The van der Waals surface area contributed by atoms with E-state index in [9.17, 15) is 14.4 Å². The highest BCUT2D eigenvalue weighted by molar-refractivity contribution is 6.31. The van der Waals surface area contributed by atoms with Crippen molar-refractivity contribution < 1.29 is 9.59 Å². The third kappa shape index (κ3) is 5.16. The quantitative estimate of drug-likeness (QED) is 0.546. The Hall–Kier alpha value is -3.58. The highest BCUT2D eigenvalue weighted by Gasteiger charge is 2.37. The van der Waals surface area contributed by atoms with Crippen LogP contribution in [0.1, 0.15) is 29.2 Å². The average Bonchev–Trinajstić information content (AvgIpc) is 2.87. The molecule has 0 aliphatic carbocycles. The van der Waals surface area contributed by atoms with E-state index in [0.717, 1.165) is 23.2 Å². The summed E-state index contributed by atoms with van der Waals surface area (Å²) < 4.78 is 1.84. The zero-order valence-electron chi connectivity index (χ0n) is 20.1. The Bertz CT molecular complexity index is 1340. The second-order valence-corrected chi connectivity index (χ2v) is 10.2. The first-order valence-electron chi connectivity index (χ1n) is 12.2. The number of hydrogen-bond donors (Lipinski definition) is 2. The molecule has 0 radical (unpaired) electrons. The number of nitrogens with zero attached hydrogens (tertiary/aromatic N) is 2. The summed E-state index contributed by atoms with van der Waals surface area (Å²) in [6, 6.07) is 19.3. The Morgan fingerprint density at radius 2 is 1.83 bits per heavy atom. The summed E-state index contributed by atoms with van der Waals surface area (Å²) in [6.45, 7) is 3.57. The summed E-state index contributed by atoms with van der Waals surface area (Å²) in [6.07, 6.45) is 1.31. The standard InChI is InChI=1S/C28H29ClN4O3/c1-18-10-11-22(14-23(18)29)30-27(35)24(13-19-6-3-2-4-7-19)31-28(36)32-15-20-12-21(17-32)25-8-5-9-26(34)33(25)16-20/h2-11,14,20-21,24H,12-13,15-17H2,1H3,(H,30,35)(H,31,36)/t20-,21+,24+/m1/s1. The molecule has 2 N–H and O–H groups in total. The number of likely N-dealkylation sites (tertiary alicyclic amines) is 1. The fourth-order valence-corrected chi connectivity index (χ4v) is 5.44. The summed E-state index contributed by atoms with van der Waals surface area (Å²) in [5, 5.41) is 6.45. The van der Waals surface area contributed by atoms with Gasteiger partial charge in [-0.1, -0.05) is 54.1 Å². The van der Waals surface area contributed by atoms with E-state index in [1.54, 1.807) is 29.2 Å². The van der Waals surface area contributed by atoms with Gasteiger partial charge in [-0.3, -0.25) is 9.59 Å². The van der Waals surface area contributed by atoms with Crippen molar-refractivity contribution in [2.75, 3.05) is 18.4 Å². The fourth-order valence-electron chi connectivity index (χ4n) is 5.26. The van der Waals surface area contributed by atoms with Crippen molar-refractivity contribution in [3.05, 3.63) is 98.9 Å². The maximum atomic E-state index is 13.4. The minimum atomic E-state index is -0.767. The number of halogens is 1. The van der Waals surface area contributed by atoms with Gasteiger partial charge in [-0.25, -0.2) is 4.79 Å². The van der Waals surface area contributed by atoms with Gasteiger partial charge in [0, 0.05) is 54.4 Å². The molecule has 8 heteroatoms. The average molecular weight is 505 g/mol. The molecule has 1 aromatic heterocycles. The molecule has 3 heterocycles. The second-order valence-electron chi connectivity index (χ2n) is 9.75. The molecular formula is C28H29ClN4O3. The first kappa shape index (κ1) is 24.1. The molecule has 36 heavy (non-hydrogen) atoms. The van der Waals surface area contributed by atoms with E-state index < -0.39 is 6.04 Å². The van der Waals surface area contributed by atoms with Crippen LogP contribution >= 0.6 is 11.6 Å². The van der Waals surface area contributed by atoms with Crippen LogP contribution in [-0.4, -0.2) is 40.5 Å². The Labute approximate surface area is 215 Å². The lowest BCUT2D eigenvalue weighted by Gasteiger charge is -2.43. The summed E-state index contributed by atoms with van der Waals surface area (Å²) >= 11 is 6.24. The van der Waals surface area contributed by atoms with Gasteiger partial charge in [-0.15, -0.1) is 0 Å². The van der Waals surface area contributed by atoms with E-state index in [1.807, 2.05) is 54.0 Å². The number of fused-ring (bicyclic) bond motifs is 4. The Morgan fingerprint density at radius 3 is 2.61 bits per heavy atom. The van der Waals surface area contributed by atoms with Crippen LogP contribution in [0, 0.1) is 12.8 Å². The molecule has 7 nitrogen and oxygen atoms in total. The molecule has 1 fully saturated rings. The molecule has 0 unspecified atom stereocenters. The molecular weight excluding hydrogens is 476 g/mol. The van der Waals surface area contributed by atoms with Gasteiger partial charge < -0.3 is 20.1 Å². The van der Waals surface area contributed by atoms with E-state index in [1.165, 1.54) is 0 Å². The number of benzene rings is 2. The van der Waals surface area contributed by atoms with Gasteiger partial charge in [0.1, 0.15) is 6.04 Å². The zero-order chi connectivity index (χ0) is 25.2. The molecule has 2 bridgehead atoms. The first-order valence-corrected chi connectivity index (χ1v) is 12.6. The van der Waals surface area contributed by atoms with Crippen molar-refractivity contribution >= 4 is 29.2 Å². The largest absolute Gasteiger partial charge is 0.326 e. The van der Waals surface area contributed by atoms with Gasteiger partial charge in [0.25, 0.3) is 5.56 Å². The smallest absolute Gasteiger partial charge is 0.318 e. The number of carbonyl (C=O) groups excluding carboxylic acids is 2. The Kier molecular flexibility index (Phi) is 6.83. The number of aryl methyl sites for hydroxylation is 1. The van der Waals surface area contributed by atoms with E-state index in [2.05, 4.69) is 10.6 Å². The van der Waals surface area contributed by atoms with E-state index in [0.29, 0.717) is 36.8 Å². The number of anilines is 1. The van der Waals surface area contributed by atoms with Crippen molar-refractivity contribution in [1.29, 1.82) is 0 Å².